The zero-order valence-corrected chi connectivity index (χ0v) is 14.3. The average Bonchev–Trinajstić information content (AvgIpc) is 2.49. The van der Waals surface area contributed by atoms with Crippen molar-refractivity contribution in [2.75, 3.05) is 30.0 Å². The molecule has 8 nitrogen and oxygen atoms in total. The van der Waals surface area contributed by atoms with Crippen molar-refractivity contribution < 1.29 is 4.79 Å². The molecule has 0 fully saturated rings. The van der Waals surface area contributed by atoms with Crippen molar-refractivity contribution in [1.82, 2.24) is 9.13 Å². The van der Waals surface area contributed by atoms with Gasteiger partial charge in [-0.25, -0.2) is 9.36 Å². The zero-order valence-electron chi connectivity index (χ0n) is 13.5. The molecule has 0 saturated carbocycles. The molecule has 3 N–H and O–H groups in total. The third-order valence-corrected chi connectivity index (χ3v) is 3.66. The van der Waals surface area contributed by atoms with Gasteiger partial charge in [-0.15, -0.1) is 0 Å². The molecule has 0 spiro atoms. The van der Waals surface area contributed by atoms with E-state index in [1.54, 1.807) is 38.4 Å². The number of hydrogen-bond donors (Lipinski definition) is 2. The Bertz CT molecular complexity index is 901. The lowest BCUT2D eigenvalue weighted by Gasteiger charge is -2.18. The van der Waals surface area contributed by atoms with Gasteiger partial charge in [-0.05, 0) is 18.2 Å². The van der Waals surface area contributed by atoms with Crippen LogP contribution in [0.1, 0.15) is 0 Å². The van der Waals surface area contributed by atoms with E-state index in [2.05, 4.69) is 5.32 Å². The minimum absolute atomic E-state index is 0.0431. The Kier molecular flexibility index (Phi) is 4.99. The van der Waals surface area contributed by atoms with Crippen molar-refractivity contribution in [1.29, 1.82) is 0 Å². The Morgan fingerprint density at radius 1 is 1.33 bits per heavy atom. The molecule has 1 heterocycles. The summed E-state index contributed by atoms with van der Waals surface area (Å²) in [6, 6.07) is 6.56. The quantitative estimate of drug-likeness (QED) is 0.834. The number of hydrogen-bond acceptors (Lipinski definition) is 5. The molecular weight excluding hydrogens is 334 g/mol. The summed E-state index contributed by atoms with van der Waals surface area (Å²) >= 11 is 5.85. The molecule has 1 aromatic carbocycles. The van der Waals surface area contributed by atoms with Gasteiger partial charge in [0, 0.05) is 31.9 Å². The normalized spacial score (nSPS) is 10.5. The molecular formula is C15H18ClN5O3. The molecule has 0 atom stereocenters. The molecule has 0 saturated heterocycles. The number of aromatic nitrogens is 2. The maximum absolute atomic E-state index is 12.5. The number of halogens is 1. The van der Waals surface area contributed by atoms with Crippen molar-refractivity contribution in [2.45, 2.75) is 6.54 Å². The highest BCUT2D eigenvalue weighted by Crippen LogP contribution is 2.15. The van der Waals surface area contributed by atoms with Crippen molar-refractivity contribution in [3.63, 3.8) is 0 Å². The number of nitrogens with one attached hydrogen (secondary N) is 1. The molecule has 9 heteroatoms. The molecule has 24 heavy (non-hydrogen) atoms. The van der Waals surface area contributed by atoms with Crippen LogP contribution in [0.4, 0.5) is 17.2 Å². The van der Waals surface area contributed by atoms with Crippen LogP contribution in [-0.2, 0) is 18.4 Å². The van der Waals surface area contributed by atoms with E-state index in [9.17, 15) is 14.4 Å². The Morgan fingerprint density at radius 2 is 2.00 bits per heavy atom. The first kappa shape index (κ1) is 17.6. The number of amides is 1. The lowest BCUT2D eigenvalue weighted by molar-refractivity contribution is -0.116. The molecule has 2 aromatic rings. The van der Waals surface area contributed by atoms with Gasteiger partial charge in [-0.3, -0.25) is 14.2 Å². The highest BCUT2D eigenvalue weighted by molar-refractivity contribution is 6.30. The number of nitrogens with two attached hydrogens (primary N) is 1. The summed E-state index contributed by atoms with van der Waals surface area (Å²) in [7, 11) is 4.71. The van der Waals surface area contributed by atoms with E-state index in [0.717, 1.165) is 9.13 Å². The van der Waals surface area contributed by atoms with Crippen LogP contribution in [0.15, 0.2) is 33.9 Å². The number of benzene rings is 1. The SMILES string of the molecule is CN(C)c1c(N)n(C)c(=O)n(CC(=O)Nc2cccc(Cl)c2)c1=O. The van der Waals surface area contributed by atoms with Crippen LogP contribution < -0.4 is 27.2 Å². The minimum Gasteiger partial charge on any atom is -0.383 e. The summed E-state index contributed by atoms with van der Waals surface area (Å²) in [4.78, 5) is 38.4. The van der Waals surface area contributed by atoms with E-state index < -0.39 is 23.7 Å². The summed E-state index contributed by atoms with van der Waals surface area (Å²) in [5, 5.41) is 3.05. The number of nitrogens with zero attached hydrogens (tertiary/aromatic N) is 3. The second kappa shape index (κ2) is 6.79. The van der Waals surface area contributed by atoms with Crippen molar-refractivity contribution >= 4 is 34.7 Å². The van der Waals surface area contributed by atoms with Gasteiger partial charge in [0.05, 0.1) is 0 Å². The molecule has 0 aliphatic carbocycles. The summed E-state index contributed by atoms with van der Waals surface area (Å²) in [6.45, 7) is -0.431. The van der Waals surface area contributed by atoms with Crippen molar-refractivity contribution in [3.05, 3.63) is 50.1 Å². The highest BCUT2D eigenvalue weighted by Gasteiger charge is 2.18. The second-order valence-electron chi connectivity index (χ2n) is 5.42. The van der Waals surface area contributed by atoms with Crippen molar-refractivity contribution in [3.8, 4) is 0 Å². The lowest BCUT2D eigenvalue weighted by Crippen LogP contribution is -2.44. The summed E-state index contributed by atoms with van der Waals surface area (Å²) in [5.41, 5.74) is 5.15. The monoisotopic (exact) mass is 351 g/mol. The topological polar surface area (TPSA) is 102 Å². The minimum atomic E-state index is -0.663. The first-order valence-corrected chi connectivity index (χ1v) is 7.42. The van der Waals surface area contributed by atoms with Crippen LogP contribution in [-0.4, -0.2) is 29.1 Å². The molecule has 1 aromatic heterocycles. The van der Waals surface area contributed by atoms with Crippen LogP contribution in [0.3, 0.4) is 0 Å². The standard InChI is InChI=1S/C15H18ClN5O3/c1-19(2)12-13(17)20(3)15(24)21(14(12)23)8-11(22)18-10-6-4-5-9(16)7-10/h4-7H,8,17H2,1-3H3,(H,18,22). The van der Waals surface area contributed by atoms with E-state index in [4.69, 9.17) is 17.3 Å². The van der Waals surface area contributed by atoms with Crippen LogP contribution in [0, 0.1) is 0 Å². The number of rotatable bonds is 4. The third kappa shape index (κ3) is 3.43. The smallest absolute Gasteiger partial charge is 0.332 e. The highest BCUT2D eigenvalue weighted by atomic mass is 35.5. The van der Waals surface area contributed by atoms with Gasteiger partial charge >= 0.3 is 5.69 Å². The second-order valence-corrected chi connectivity index (χ2v) is 5.86. The maximum Gasteiger partial charge on any atom is 0.332 e. The van der Waals surface area contributed by atoms with E-state index in [-0.39, 0.29) is 11.5 Å². The molecule has 2 rings (SSSR count). The largest absolute Gasteiger partial charge is 0.383 e. The third-order valence-electron chi connectivity index (χ3n) is 3.43. The Morgan fingerprint density at radius 3 is 2.58 bits per heavy atom. The Hall–Kier alpha value is -2.74. The van der Waals surface area contributed by atoms with Crippen molar-refractivity contribution in [2.24, 2.45) is 7.05 Å². The first-order chi connectivity index (χ1) is 11.2. The maximum atomic E-state index is 12.5. The van der Waals surface area contributed by atoms with Gasteiger partial charge in [0.1, 0.15) is 18.1 Å². The van der Waals surface area contributed by atoms with Crippen LogP contribution in [0.5, 0.6) is 0 Å². The van der Waals surface area contributed by atoms with Gasteiger partial charge in [0.25, 0.3) is 5.56 Å². The van der Waals surface area contributed by atoms with E-state index in [1.165, 1.54) is 11.9 Å². The lowest BCUT2D eigenvalue weighted by atomic mass is 10.3. The Labute approximate surface area is 143 Å². The van der Waals surface area contributed by atoms with Gasteiger partial charge in [0.15, 0.2) is 0 Å². The van der Waals surface area contributed by atoms with Gasteiger partial charge in [-0.1, -0.05) is 17.7 Å². The fourth-order valence-corrected chi connectivity index (χ4v) is 2.43. The fraction of sp³-hybridized carbons (Fsp3) is 0.267. The van der Waals surface area contributed by atoms with Gasteiger partial charge in [0.2, 0.25) is 5.91 Å². The van der Waals surface area contributed by atoms with Gasteiger partial charge in [-0.2, -0.15) is 0 Å². The fourth-order valence-electron chi connectivity index (χ4n) is 2.24. The molecule has 0 bridgehead atoms. The molecule has 0 aliphatic rings. The molecule has 128 valence electrons. The summed E-state index contributed by atoms with van der Waals surface area (Å²) in [5.74, 6) is -0.479. The van der Waals surface area contributed by atoms with E-state index in [1.807, 2.05) is 0 Å². The molecule has 0 radical (unpaired) electrons. The number of carbonyl (C=O) groups excluding carboxylic acids is 1. The van der Waals surface area contributed by atoms with E-state index >= 15 is 0 Å². The van der Waals surface area contributed by atoms with Crippen LogP contribution in [0.25, 0.3) is 0 Å². The van der Waals surface area contributed by atoms with Gasteiger partial charge < -0.3 is 16.0 Å². The first-order valence-electron chi connectivity index (χ1n) is 7.04. The Balaban J connectivity index is 2.38. The average molecular weight is 352 g/mol. The molecule has 1 amide bonds. The van der Waals surface area contributed by atoms with E-state index in [0.29, 0.717) is 10.7 Å². The molecule has 0 aliphatic heterocycles. The zero-order chi connectivity index (χ0) is 18.0. The van der Waals surface area contributed by atoms with Crippen LogP contribution >= 0.6 is 11.6 Å². The number of anilines is 3. The predicted octanol–water partition coefficient (Wildman–Crippen LogP) is 0.487. The molecule has 0 unspecified atom stereocenters. The predicted molar refractivity (Wildman–Crippen MR) is 94.8 cm³/mol. The number of carbonyl (C=O) groups is 1. The van der Waals surface area contributed by atoms with Crippen LogP contribution in [0.2, 0.25) is 5.02 Å². The summed E-state index contributed by atoms with van der Waals surface area (Å²) < 4.78 is 1.97. The number of nitrogen functional groups attached to an aromatic ring is 1. The summed E-state index contributed by atoms with van der Waals surface area (Å²) in [6.07, 6.45) is 0.